The number of likely N-dealkylation sites (tertiary alicyclic amines) is 1. The Kier molecular flexibility index (Phi) is 7.56. The van der Waals surface area contributed by atoms with Gasteiger partial charge in [0.1, 0.15) is 4.93 Å². The molecule has 0 aromatic rings. The van der Waals surface area contributed by atoms with Crippen LogP contribution in [0.25, 0.3) is 0 Å². The molecular formula is C13H28N2O2S. The highest BCUT2D eigenvalue weighted by atomic mass is 32.2. The zero-order chi connectivity index (χ0) is 13.4. The van der Waals surface area contributed by atoms with Crippen molar-refractivity contribution >= 4 is 11.8 Å². The predicted octanol–water partition coefficient (Wildman–Crippen LogP) is 1.15. The zero-order valence-electron chi connectivity index (χ0n) is 11.9. The molecule has 1 rings (SSSR count). The summed E-state index contributed by atoms with van der Waals surface area (Å²) in [4.78, 5) is 2.29. The van der Waals surface area contributed by atoms with Crippen molar-refractivity contribution in [2.75, 3.05) is 45.6 Å². The lowest BCUT2D eigenvalue weighted by Gasteiger charge is -2.31. The fourth-order valence-corrected chi connectivity index (χ4v) is 1.94. The Labute approximate surface area is 115 Å². The number of nitrogens with zero attached hydrogens (tertiary/aromatic N) is 1. The van der Waals surface area contributed by atoms with Gasteiger partial charge in [0.25, 0.3) is 0 Å². The zero-order valence-corrected chi connectivity index (χ0v) is 12.8. The lowest BCUT2D eigenvalue weighted by molar-refractivity contribution is 0.0258. The second-order valence-electron chi connectivity index (χ2n) is 5.30. The fourth-order valence-electron chi connectivity index (χ4n) is 1.75. The first kappa shape index (κ1) is 16.2. The van der Waals surface area contributed by atoms with Crippen LogP contribution in [-0.4, -0.2) is 66.6 Å². The Bertz CT molecular complexity index is 223. The Morgan fingerprint density at radius 2 is 2.17 bits per heavy atom. The second kappa shape index (κ2) is 8.38. The molecule has 1 fully saturated rings. The molecule has 2 N–H and O–H groups in total. The van der Waals surface area contributed by atoms with E-state index in [2.05, 4.69) is 24.1 Å². The van der Waals surface area contributed by atoms with E-state index in [0.29, 0.717) is 6.61 Å². The molecule has 0 bridgehead atoms. The van der Waals surface area contributed by atoms with Crippen molar-refractivity contribution in [3.8, 4) is 0 Å². The third kappa shape index (κ3) is 6.38. The van der Waals surface area contributed by atoms with Crippen molar-refractivity contribution in [3.05, 3.63) is 0 Å². The minimum atomic E-state index is -0.174. The molecular weight excluding hydrogens is 248 g/mol. The molecule has 0 spiro atoms. The van der Waals surface area contributed by atoms with Crippen molar-refractivity contribution in [3.63, 3.8) is 0 Å². The van der Waals surface area contributed by atoms with Gasteiger partial charge in [-0.1, -0.05) is 0 Å². The number of ether oxygens (including phenoxy) is 1. The first-order valence-electron chi connectivity index (χ1n) is 6.83. The molecule has 0 amide bonds. The summed E-state index contributed by atoms with van der Waals surface area (Å²) in [5.74, 6) is 0. The monoisotopic (exact) mass is 276 g/mol. The largest absolute Gasteiger partial charge is 0.395 e. The highest BCUT2D eigenvalue weighted by Crippen LogP contribution is 2.22. The molecule has 0 aromatic carbocycles. The number of thioether (sulfide) groups is 1. The van der Waals surface area contributed by atoms with E-state index in [4.69, 9.17) is 4.74 Å². The average molecular weight is 276 g/mol. The van der Waals surface area contributed by atoms with Crippen molar-refractivity contribution in [2.24, 2.45) is 0 Å². The normalized spacial score (nSPS) is 18.7. The van der Waals surface area contributed by atoms with Gasteiger partial charge < -0.3 is 20.1 Å². The van der Waals surface area contributed by atoms with Crippen LogP contribution in [-0.2, 0) is 4.74 Å². The number of aliphatic hydroxyl groups excluding tert-OH is 1. The van der Waals surface area contributed by atoms with E-state index >= 15 is 0 Å². The Morgan fingerprint density at radius 1 is 1.44 bits per heavy atom. The van der Waals surface area contributed by atoms with E-state index in [1.54, 1.807) is 11.8 Å². The fraction of sp³-hybridized carbons (Fsp3) is 1.00. The van der Waals surface area contributed by atoms with Crippen LogP contribution in [0.5, 0.6) is 0 Å². The molecule has 108 valence electrons. The van der Waals surface area contributed by atoms with Gasteiger partial charge in [-0.3, -0.25) is 0 Å². The highest BCUT2D eigenvalue weighted by molar-refractivity contribution is 7.99. The summed E-state index contributed by atoms with van der Waals surface area (Å²) in [6.45, 7) is 9.43. The summed E-state index contributed by atoms with van der Waals surface area (Å²) in [7, 11) is 0. The van der Waals surface area contributed by atoms with Crippen molar-refractivity contribution in [1.82, 2.24) is 10.2 Å². The van der Waals surface area contributed by atoms with Crippen molar-refractivity contribution in [1.29, 1.82) is 0 Å². The van der Waals surface area contributed by atoms with E-state index < -0.39 is 0 Å². The molecule has 0 unspecified atom stereocenters. The summed E-state index contributed by atoms with van der Waals surface area (Å²) in [5.41, 5.74) is 0. The minimum absolute atomic E-state index is 0.0489. The molecule has 1 aliphatic rings. The summed E-state index contributed by atoms with van der Waals surface area (Å²) < 4.78 is 5.77. The quantitative estimate of drug-likeness (QED) is 0.463. The Hall–Kier alpha value is 0.190. The molecule has 0 aromatic heterocycles. The molecule has 1 heterocycles. The first-order valence-corrected chi connectivity index (χ1v) is 8.05. The minimum Gasteiger partial charge on any atom is -0.395 e. The third-order valence-corrected chi connectivity index (χ3v) is 4.48. The van der Waals surface area contributed by atoms with Gasteiger partial charge in [0, 0.05) is 0 Å². The van der Waals surface area contributed by atoms with Crippen LogP contribution in [0.1, 0.15) is 26.7 Å². The van der Waals surface area contributed by atoms with Crippen molar-refractivity contribution in [2.45, 2.75) is 37.7 Å². The molecule has 0 aliphatic carbocycles. The second-order valence-corrected chi connectivity index (χ2v) is 6.69. The summed E-state index contributed by atoms with van der Waals surface area (Å²) in [6, 6.07) is 0.0489. The van der Waals surface area contributed by atoms with Gasteiger partial charge in [-0.25, -0.2) is 0 Å². The van der Waals surface area contributed by atoms with Crippen LogP contribution in [0.3, 0.4) is 0 Å². The molecule has 1 saturated heterocycles. The van der Waals surface area contributed by atoms with Gasteiger partial charge >= 0.3 is 0 Å². The van der Waals surface area contributed by atoms with E-state index in [1.165, 1.54) is 26.1 Å². The Balaban J connectivity index is 2.05. The number of rotatable bonds is 10. The smallest absolute Gasteiger partial charge is 0.107 e. The van der Waals surface area contributed by atoms with Crippen LogP contribution >= 0.6 is 11.8 Å². The van der Waals surface area contributed by atoms with Crippen LogP contribution in [0.2, 0.25) is 0 Å². The SMILES string of the molecule is CSC(C)(C)OC[C@H](CO)NCCCN1CCC1. The molecule has 5 heteroatoms. The first-order chi connectivity index (χ1) is 8.57. The highest BCUT2D eigenvalue weighted by Gasteiger charge is 2.19. The van der Waals surface area contributed by atoms with Gasteiger partial charge in [0.2, 0.25) is 0 Å². The standard InChI is InChI=1S/C13H28N2O2S/c1-13(2,18-3)17-11-12(10-16)14-6-4-7-15-8-5-9-15/h12,14,16H,4-11H2,1-3H3/t12-/m0/s1. The van der Waals surface area contributed by atoms with Crippen LogP contribution in [0, 0.1) is 0 Å². The van der Waals surface area contributed by atoms with E-state index in [-0.39, 0.29) is 17.6 Å². The molecule has 0 radical (unpaired) electrons. The van der Waals surface area contributed by atoms with Crippen LogP contribution < -0.4 is 5.32 Å². The summed E-state index contributed by atoms with van der Waals surface area (Å²) in [6.07, 6.45) is 4.53. The number of hydrogen-bond acceptors (Lipinski definition) is 5. The summed E-state index contributed by atoms with van der Waals surface area (Å²) >= 11 is 1.68. The average Bonchev–Trinajstić information content (AvgIpc) is 2.30. The van der Waals surface area contributed by atoms with Crippen molar-refractivity contribution < 1.29 is 9.84 Å². The lowest BCUT2D eigenvalue weighted by atomic mass is 10.2. The van der Waals surface area contributed by atoms with Crippen LogP contribution in [0.4, 0.5) is 0 Å². The maximum absolute atomic E-state index is 9.30. The lowest BCUT2D eigenvalue weighted by Crippen LogP contribution is -2.42. The Morgan fingerprint density at radius 3 is 2.67 bits per heavy atom. The maximum Gasteiger partial charge on any atom is 0.107 e. The van der Waals surface area contributed by atoms with E-state index in [1.807, 2.05) is 6.26 Å². The number of hydrogen-bond donors (Lipinski definition) is 2. The van der Waals surface area contributed by atoms with Gasteiger partial charge in [0.05, 0.1) is 19.3 Å². The van der Waals surface area contributed by atoms with Gasteiger partial charge in [-0.2, -0.15) is 0 Å². The van der Waals surface area contributed by atoms with E-state index in [9.17, 15) is 5.11 Å². The molecule has 1 atom stereocenters. The van der Waals surface area contributed by atoms with Gasteiger partial charge in [0.15, 0.2) is 0 Å². The van der Waals surface area contributed by atoms with Gasteiger partial charge in [-0.05, 0) is 59.1 Å². The molecule has 0 saturated carbocycles. The topological polar surface area (TPSA) is 44.7 Å². The summed E-state index contributed by atoms with van der Waals surface area (Å²) in [5, 5.41) is 12.7. The molecule has 4 nitrogen and oxygen atoms in total. The molecule has 18 heavy (non-hydrogen) atoms. The predicted molar refractivity (Wildman–Crippen MR) is 78.1 cm³/mol. The third-order valence-electron chi connectivity index (χ3n) is 3.38. The molecule has 1 aliphatic heterocycles. The number of aliphatic hydroxyl groups is 1. The maximum atomic E-state index is 9.30. The van der Waals surface area contributed by atoms with Crippen LogP contribution in [0.15, 0.2) is 0 Å². The van der Waals surface area contributed by atoms with E-state index in [0.717, 1.165) is 13.0 Å². The van der Waals surface area contributed by atoms with Gasteiger partial charge in [-0.15, -0.1) is 11.8 Å². The number of nitrogens with one attached hydrogen (secondary N) is 1.